The fraction of sp³-hybridized carbons (Fsp3) is 0.235. The standard InChI is InChI=1S/C17H15FO2/c18-14-3-1-2-12(10-14)11-17(19)13-4-6-15(7-5-13)20-16-8-9-16/h1-7,10,16H,8-9,11H2. The molecule has 102 valence electrons. The van der Waals surface area contributed by atoms with Crippen LogP contribution in [0.15, 0.2) is 48.5 Å². The topological polar surface area (TPSA) is 26.3 Å². The van der Waals surface area contributed by atoms with Crippen LogP contribution in [0.5, 0.6) is 5.75 Å². The second kappa shape index (κ2) is 5.45. The Hall–Kier alpha value is -2.16. The predicted octanol–water partition coefficient (Wildman–Crippen LogP) is 3.79. The number of ketones is 1. The smallest absolute Gasteiger partial charge is 0.167 e. The zero-order valence-electron chi connectivity index (χ0n) is 11.0. The van der Waals surface area contributed by atoms with E-state index in [9.17, 15) is 9.18 Å². The molecule has 20 heavy (non-hydrogen) atoms. The Morgan fingerprint density at radius 3 is 2.55 bits per heavy atom. The molecule has 3 rings (SSSR count). The summed E-state index contributed by atoms with van der Waals surface area (Å²) < 4.78 is 18.7. The number of benzene rings is 2. The first-order valence-electron chi connectivity index (χ1n) is 6.75. The van der Waals surface area contributed by atoms with Crippen LogP contribution in [0, 0.1) is 5.82 Å². The Bertz CT molecular complexity index is 615. The van der Waals surface area contributed by atoms with Crippen LogP contribution in [0.25, 0.3) is 0 Å². The summed E-state index contributed by atoms with van der Waals surface area (Å²) in [7, 11) is 0. The average Bonchev–Trinajstić information content (AvgIpc) is 3.23. The molecule has 0 bridgehead atoms. The van der Waals surface area contributed by atoms with E-state index in [1.807, 2.05) is 12.1 Å². The second-order valence-electron chi connectivity index (χ2n) is 5.07. The average molecular weight is 270 g/mol. The van der Waals surface area contributed by atoms with Gasteiger partial charge >= 0.3 is 0 Å². The van der Waals surface area contributed by atoms with Gasteiger partial charge in [-0.2, -0.15) is 0 Å². The molecule has 2 aromatic carbocycles. The SMILES string of the molecule is O=C(Cc1cccc(F)c1)c1ccc(OC2CC2)cc1. The number of ether oxygens (including phenoxy) is 1. The van der Waals surface area contributed by atoms with E-state index in [2.05, 4.69) is 0 Å². The summed E-state index contributed by atoms with van der Waals surface area (Å²) in [5.41, 5.74) is 1.31. The fourth-order valence-electron chi connectivity index (χ4n) is 2.03. The Balaban J connectivity index is 1.66. The van der Waals surface area contributed by atoms with Crippen molar-refractivity contribution >= 4 is 5.78 Å². The van der Waals surface area contributed by atoms with Crippen LogP contribution in [-0.2, 0) is 6.42 Å². The van der Waals surface area contributed by atoms with Crippen molar-refractivity contribution in [2.75, 3.05) is 0 Å². The van der Waals surface area contributed by atoms with E-state index < -0.39 is 0 Å². The van der Waals surface area contributed by atoms with E-state index in [-0.39, 0.29) is 18.0 Å². The first-order valence-corrected chi connectivity index (χ1v) is 6.75. The quantitative estimate of drug-likeness (QED) is 0.773. The highest BCUT2D eigenvalue weighted by molar-refractivity contribution is 5.97. The van der Waals surface area contributed by atoms with E-state index >= 15 is 0 Å². The van der Waals surface area contributed by atoms with Crippen molar-refractivity contribution in [3.05, 3.63) is 65.5 Å². The van der Waals surface area contributed by atoms with Crippen LogP contribution in [0.1, 0.15) is 28.8 Å². The van der Waals surface area contributed by atoms with Crippen molar-refractivity contribution in [3.63, 3.8) is 0 Å². The maximum Gasteiger partial charge on any atom is 0.167 e. The Kier molecular flexibility index (Phi) is 3.50. The van der Waals surface area contributed by atoms with Crippen LogP contribution in [0.2, 0.25) is 0 Å². The lowest BCUT2D eigenvalue weighted by Crippen LogP contribution is -2.04. The molecule has 0 amide bonds. The number of hydrogen-bond acceptors (Lipinski definition) is 2. The van der Waals surface area contributed by atoms with Crippen LogP contribution < -0.4 is 4.74 Å². The molecule has 0 atom stereocenters. The third-order valence-corrected chi connectivity index (χ3v) is 3.26. The summed E-state index contributed by atoms with van der Waals surface area (Å²) in [6.07, 6.45) is 2.78. The zero-order chi connectivity index (χ0) is 13.9. The van der Waals surface area contributed by atoms with Gasteiger partial charge in [0.1, 0.15) is 11.6 Å². The Morgan fingerprint density at radius 2 is 1.90 bits per heavy atom. The van der Waals surface area contributed by atoms with E-state index in [1.54, 1.807) is 24.3 Å². The third kappa shape index (κ3) is 3.23. The first-order chi connectivity index (χ1) is 9.70. The molecule has 0 saturated heterocycles. The van der Waals surface area contributed by atoms with Gasteiger partial charge in [0, 0.05) is 12.0 Å². The maximum absolute atomic E-state index is 13.1. The van der Waals surface area contributed by atoms with Crippen molar-refractivity contribution in [1.29, 1.82) is 0 Å². The molecular weight excluding hydrogens is 255 g/mol. The highest BCUT2D eigenvalue weighted by Gasteiger charge is 2.23. The molecule has 0 spiro atoms. The second-order valence-corrected chi connectivity index (χ2v) is 5.07. The molecule has 1 fully saturated rings. The van der Waals surface area contributed by atoms with E-state index in [1.165, 1.54) is 12.1 Å². The number of carbonyl (C=O) groups excluding carboxylic acids is 1. The largest absolute Gasteiger partial charge is 0.490 e. The van der Waals surface area contributed by atoms with Crippen LogP contribution in [-0.4, -0.2) is 11.9 Å². The number of halogens is 1. The summed E-state index contributed by atoms with van der Waals surface area (Å²) in [4.78, 5) is 12.1. The minimum absolute atomic E-state index is 0.0198. The van der Waals surface area contributed by atoms with Gasteiger partial charge in [0.15, 0.2) is 5.78 Å². The van der Waals surface area contributed by atoms with Crippen LogP contribution >= 0.6 is 0 Å². The van der Waals surface area contributed by atoms with Gasteiger partial charge in [0.05, 0.1) is 6.10 Å². The van der Waals surface area contributed by atoms with Gasteiger partial charge in [-0.15, -0.1) is 0 Å². The number of rotatable bonds is 5. The highest BCUT2D eigenvalue weighted by Crippen LogP contribution is 2.26. The first kappa shape index (κ1) is 12.9. The molecule has 3 heteroatoms. The minimum Gasteiger partial charge on any atom is -0.490 e. The highest BCUT2D eigenvalue weighted by atomic mass is 19.1. The van der Waals surface area contributed by atoms with Gasteiger partial charge < -0.3 is 4.74 Å². The lowest BCUT2D eigenvalue weighted by molar-refractivity contribution is 0.0993. The normalized spacial score (nSPS) is 14.1. The Labute approximate surface area is 117 Å². The molecule has 0 aliphatic heterocycles. The predicted molar refractivity (Wildman–Crippen MR) is 74.5 cm³/mol. The zero-order valence-corrected chi connectivity index (χ0v) is 11.0. The molecule has 2 nitrogen and oxygen atoms in total. The molecule has 0 unspecified atom stereocenters. The van der Waals surface area contributed by atoms with Crippen molar-refractivity contribution < 1.29 is 13.9 Å². The molecule has 1 aliphatic carbocycles. The number of carbonyl (C=O) groups is 1. The fourth-order valence-corrected chi connectivity index (χ4v) is 2.03. The Morgan fingerprint density at radius 1 is 1.15 bits per heavy atom. The molecular formula is C17H15FO2. The molecule has 0 N–H and O–H groups in total. The molecule has 1 aliphatic rings. The van der Waals surface area contributed by atoms with Crippen molar-refractivity contribution in [1.82, 2.24) is 0 Å². The van der Waals surface area contributed by atoms with Crippen LogP contribution in [0.3, 0.4) is 0 Å². The lowest BCUT2D eigenvalue weighted by atomic mass is 10.0. The van der Waals surface area contributed by atoms with Crippen LogP contribution in [0.4, 0.5) is 4.39 Å². The molecule has 0 aromatic heterocycles. The summed E-state index contributed by atoms with van der Waals surface area (Å²) in [5.74, 6) is 0.465. The van der Waals surface area contributed by atoms with Crippen molar-refractivity contribution in [2.45, 2.75) is 25.4 Å². The van der Waals surface area contributed by atoms with E-state index in [0.29, 0.717) is 17.2 Å². The third-order valence-electron chi connectivity index (χ3n) is 3.26. The lowest BCUT2D eigenvalue weighted by Gasteiger charge is -2.05. The molecule has 1 saturated carbocycles. The molecule has 0 radical (unpaired) electrons. The monoisotopic (exact) mass is 270 g/mol. The molecule has 2 aromatic rings. The van der Waals surface area contributed by atoms with Gasteiger partial charge in [-0.05, 0) is 54.8 Å². The molecule has 0 heterocycles. The maximum atomic E-state index is 13.1. The van der Waals surface area contributed by atoms with Gasteiger partial charge in [-0.3, -0.25) is 4.79 Å². The van der Waals surface area contributed by atoms with Gasteiger partial charge in [-0.25, -0.2) is 4.39 Å². The van der Waals surface area contributed by atoms with E-state index in [4.69, 9.17) is 4.74 Å². The van der Waals surface area contributed by atoms with Gasteiger partial charge in [-0.1, -0.05) is 12.1 Å². The van der Waals surface area contributed by atoms with Gasteiger partial charge in [0.2, 0.25) is 0 Å². The van der Waals surface area contributed by atoms with Crippen molar-refractivity contribution in [2.24, 2.45) is 0 Å². The summed E-state index contributed by atoms with van der Waals surface area (Å²) >= 11 is 0. The summed E-state index contributed by atoms with van der Waals surface area (Å²) in [5, 5.41) is 0. The minimum atomic E-state index is -0.316. The van der Waals surface area contributed by atoms with Crippen molar-refractivity contribution in [3.8, 4) is 5.75 Å². The number of Topliss-reactive ketones (excluding diaryl/α,β-unsaturated/α-hetero) is 1. The summed E-state index contributed by atoms with van der Waals surface area (Å²) in [6.45, 7) is 0. The number of hydrogen-bond donors (Lipinski definition) is 0. The summed E-state index contributed by atoms with van der Waals surface area (Å²) in [6, 6.07) is 13.3. The van der Waals surface area contributed by atoms with Gasteiger partial charge in [0.25, 0.3) is 0 Å². The van der Waals surface area contributed by atoms with E-state index in [0.717, 1.165) is 18.6 Å².